The molecule has 1 aliphatic heterocycles. The topological polar surface area (TPSA) is 107 Å². The number of aliphatic hydroxyl groups is 1. The number of carboxylic acid groups (broad SMARTS) is 1. The van der Waals surface area contributed by atoms with Crippen molar-refractivity contribution in [2.24, 2.45) is 11.8 Å². The smallest absolute Gasteiger partial charge is 0.326 e. The molecule has 1 saturated heterocycles. The summed E-state index contributed by atoms with van der Waals surface area (Å²) in [6.07, 6.45) is 3.55. The van der Waals surface area contributed by atoms with Gasteiger partial charge in [-0.3, -0.25) is 9.59 Å². The van der Waals surface area contributed by atoms with Crippen molar-refractivity contribution < 1.29 is 24.6 Å². The lowest BCUT2D eigenvalue weighted by molar-refractivity contribution is -0.152. The van der Waals surface area contributed by atoms with E-state index in [0.29, 0.717) is 32.2 Å². The molecule has 1 saturated carbocycles. The van der Waals surface area contributed by atoms with Crippen LogP contribution in [0.1, 0.15) is 45.4 Å². The Labute approximate surface area is 136 Å². The Bertz CT molecular complexity index is 465. The highest BCUT2D eigenvalue weighted by atomic mass is 16.4. The number of hydrogen-bond donors (Lipinski definition) is 3. The van der Waals surface area contributed by atoms with E-state index >= 15 is 0 Å². The van der Waals surface area contributed by atoms with E-state index in [0.717, 1.165) is 12.8 Å². The summed E-state index contributed by atoms with van der Waals surface area (Å²) in [5, 5.41) is 21.2. The number of carboxylic acids is 1. The summed E-state index contributed by atoms with van der Waals surface area (Å²) in [6, 6.07) is -0.759. The minimum absolute atomic E-state index is 0.164. The van der Waals surface area contributed by atoms with Crippen LogP contribution >= 0.6 is 0 Å². The Hall–Kier alpha value is -1.63. The average Bonchev–Trinajstić information content (AvgIpc) is 3.01. The van der Waals surface area contributed by atoms with Crippen LogP contribution in [0, 0.1) is 11.8 Å². The van der Waals surface area contributed by atoms with Gasteiger partial charge in [-0.1, -0.05) is 12.8 Å². The molecule has 7 heteroatoms. The van der Waals surface area contributed by atoms with Crippen LogP contribution in [0.3, 0.4) is 0 Å². The van der Waals surface area contributed by atoms with Crippen LogP contribution in [0.15, 0.2) is 0 Å². The summed E-state index contributed by atoms with van der Waals surface area (Å²) >= 11 is 0. The predicted octanol–water partition coefficient (Wildman–Crippen LogP) is 0.365. The first-order valence-electron chi connectivity index (χ1n) is 8.41. The summed E-state index contributed by atoms with van der Waals surface area (Å²) in [6.45, 7) is 2.21. The molecule has 0 aromatic carbocycles. The fraction of sp³-hybridized carbons (Fsp3) is 0.812. The average molecular weight is 326 g/mol. The van der Waals surface area contributed by atoms with Crippen molar-refractivity contribution in [2.45, 2.75) is 57.6 Å². The van der Waals surface area contributed by atoms with Gasteiger partial charge in [-0.25, -0.2) is 4.79 Å². The number of likely N-dealkylation sites (tertiary alicyclic amines) is 1. The van der Waals surface area contributed by atoms with Crippen molar-refractivity contribution in [1.82, 2.24) is 10.2 Å². The number of nitrogens with zero attached hydrogens (tertiary/aromatic N) is 1. The molecule has 0 aromatic heterocycles. The Balaban J connectivity index is 2.06. The number of hydrogen-bond acceptors (Lipinski definition) is 4. The van der Waals surface area contributed by atoms with Crippen molar-refractivity contribution in [1.29, 1.82) is 0 Å². The molecular formula is C16H26N2O5. The third-order valence-corrected chi connectivity index (χ3v) is 4.81. The molecule has 1 aliphatic carbocycles. The first-order chi connectivity index (χ1) is 10.9. The van der Waals surface area contributed by atoms with E-state index in [4.69, 9.17) is 0 Å². The molecule has 4 unspecified atom stereocenters. The molecule has 1 heterocycles. The first kappa shape index (κ1) is 17.7. The zero-order valence-corrected chi connectivity index (χ0v) is 13.5. The summed E-state index contributed by atoms with van der Waals surface area (Å²) in [7, 11) is 0. The lowest BCUT2D eigenvalue weighted by Gasteiger charge is -2.34. The van der Waals surface area contributed by atoms with E-state index in [1.54, 1.807) is 6.92 Å². The van der Waals surface area contributed by atoms with Crippen molar-refractivity contribution in [3.63, 3.8) is 0 Å². The lowest BCUT2D eigenvalue weighted by Crippen LogP contribution is -2.49. The van der Waals surface area contributed by atoms with Crippen molar-refractivity contribution in [3.05, 3.63) is 0 Å². The second-order valence-corrected chi connectivity index (χ2v) is 6.62. The summed E-state index contributed by atoms with van der Waals surface area (Å²) in [5.41, 5.74) is 0. The summed E-state index contributed by atoms with van der Waals surface area (Å²) in [5.74, 6) is -2.26. The van der Waals surface area contributed by atoms with Gasteiger partial charge in [0.2, 0.25) is 11.8 Å². The number of nitrogens with one attached hydrogen (secondary N) is 1. The van der Waals surface area contributed by atoms with E-state index in [1.807, 2.05) is 0 Å². The number of aliphatic carboxylic acids is 1. The zero-order chi connectivity index (χ0) is 17.0. The van der Waals surface area contributed by atoms with E-state index in [1.165, 1.54) is 4.90 Å². The van der Waals surface area contributed by atoms with Gasteiger partial charge in [0, 0.05) is 24.9 Å². The van der Waals surface area contributed by atoms with E-state index in [2.05, 4.69) is 5.32 Å². The lowest BCUT2D eigenvalue weighted by atomic mass is 9.77. The second kappa shape index (κ2) is 7.77. The fourth-order valence-electron chi connectivity index (χ4n) is 3.62. The summed E-state index contributed by atoms with van der Waals surface area (Å²) < 4.78 is 0. The van der Waals surface area contributed by atoms with Crippen LogP contribution in [-0.4, -0.2) is 58.1 Å². The zero-order valence-electron chi connectivity index (χ0n) is 13.5. The van der Waals surface area contributed by atoms with Gasteiger partial charge in [0.25, 0.3) is 0 Å². The van der Waals surface area contributed by atoms with Gasteiger partial charge >= 0.3 is 5.97 Å². The quantitative estimate of drug-likeness (QED) is 0.676. The molecule has 23 heavy (non-hydrogen) atoms. The van der Waals surface area contributed by atoms with Crippen molar-refractivity contribution >= 4 is 17.8 Å². The molecule has 3 N–H and O–H groups in total. The number of amides is 2. The number of rotatable bonds is 5. The van der Waals surface area contributed by atoms with Gasteiger partial charge < -0.3 is 20.4 Å². The van der Waals surface area contributed by atoms with Gasteiger partial charge in [-0.05, 0) is 32.6 Å². The van der Waals surface area contributed by atoms with Crippen LogP contribution in [0.5, 0.6) is 0 Å². The van der Waals surface area contributed by atoms with Crippen molar-refractivity contribution in [3.8, 4) is 0 Å². The van der Waals surface area contributed by atoms with Crippen LogP contribution in [0.4, 0.5) is 0 Å². The number of aliphatic hydroxyl groups excluding tert-OH is 1. The maximum atomic E-state index is 12.8. The van der Waals surface area contributed by atoms with Crippen LogP contribution < -0.4 is 5.32 Å². The number of carbonyl (C=O) groups is 3. The maximum absolute atomic E-state index is 12.8. The Morgan fingerprint density at radius 2 is 1.78 bits per heavy atom. The molecule has 2 aliphatic rings. The molecule has 0 radical (unpaired) electrons. The molecular weight excluding hydrogens is 300 g/mol. The number of carbonyl (C=O) groups excluding carboxylic acids is 2. The first-order valence-corrected chi connectivity index (χ1v) is 8.41. The van der Waals surface area contributed by atoms with E-state index < -0.39 is 30.0 Å². The second-order valence-electron chi connectivity index (χ2n) is 6.62. The van der Waals surface area contributed by atoms with Crippen LogP contribution in [-0.2, 0) is 14.4 Å². The highest BCUT2D eigenvalue weighted by molar-refractivity contribution is 5.90. The molecule has 4 atom stereocenters. The van der Waals surface area contributed by atoms with Gasteiger partial charge in [-0.2, -0.15) is 0 Å². The van der Waals surface area contributed by atoms with Crippen LogP contribution in [0.25, 0.3) is 0 Å². The standard InChI is InChI=1S/C16H26N2O5/c1-10(19)9-17-14(20)11-5-2-3-6-12(11)15(21)18-8-4-7-13(18)16(22)23/h10-13,19H,2-9H2,1H3,(H,17,20)(H,22,23). The summed E-state index contributed by atoms with van der Waals surface area (Å²) in [4.78, 5) is 37.9. The third kappa shape index (κ3) is 4.22. The van der Waals surface area contributed by atoms with Gasteiger partial charge in [0.1, 0.15) is 6.04 Å². The van der Waals surface area contributed by atoms with Gasteiger partial charge in [0.15, 0.2) is 0 Å². The molecule has 0 bridgehead atoms. The van der Waals surface area contributed by atoms with E-state index in [9.17, 15) is 24.6 Å². The molecule has 2 amide bonds. The monoisotopic (exact) mass is 326 g/mol. The maximum Gasteiger partial charge on any atom is 0.326 e. The molecule has 2 fully saturated rings. The minimum Gasteiger partial charge on any atom is -0.480 e. The Morgan fingerprint density at radius 1 is 1.13 bits per heavy atom. The molecule has 7 nitrogen and oxygen atoms in total. The molecule has 0 spiro atoms. The van der Waals surface area contributed by atoms with Gasteiger partial charge in [-0.15, -0.1) is 0 Å². The molecule has 130 valence electrons. The fourth-order valence-corrected chi connectivity index (χ4v) is 3.62. The predicted molar refractivity (Wildman–Crippen MR) is 82.5 cm³/mol. The molecule has 2 rings (SSSR count). The Kier molecular flexibility index (Phi) is 5.98. The Morgan fingerprint density at radius 3 is 2.39 bits per heavy atom. The van der Waals surface area contributed by atoms with Gasteiger partial charge in [0.05, 0.1) is 6.10 Å². The third-order valence-electron chi connectivity index (χ3n) is 4.81. The largest absolute Gasteiger partial charge is 0.480 e. The van der Waals surface area contributed by atoms with Crippen LogP contribution in [0.2, 0.25) is 0 Å². The minimum atomic E-state index is -0.971. The molecule has 0 aromatic rings. The SMILES string of the molecule is CC(O)CNC(=O)C1CCCCC1C(=O)N1CCCC1C(=O)O. The highest BCUT2D eigenvalue weighted by Gasteiger charge is 2.42. The normalized spacial score (nSPS) is 29.1. The van der Waals surface area contributed by atoms with Crippen molar-refractivity contribution in [2.75, 3.05) is 13.1 Å². The highest BCUT2D eigenvalue weighted by Crippen LogP contribution is 2.33. The van der Waals surface area contributed by atoms with E-state index in [-0.39, 0.29) is 18.4 Å².